The van der Waals surface area contributed by atoms with Crippen molar-refractivity contribution in [3.8, 4) is 5.75 Å². The summed E-state index contributed by atoms with van der Waals surface area (Å²) < 4.78 is 33.6. The van der Waals surface area contributed by atoms with Crippen molar-refractivity contribution in [1.29, 1.82) is 0 Å². The van der Waals surface area contributed by atoms with Crippen LogP contribution in [-0.4, -0.2) is 32.9 Å². The lowest BCUT2D eigenvalue weighted by atomic mass is 10.2. The molecule has 0 bridgehead atoms. The summed E-state index contributed by atoms with van der Waals surface area (Å²) in [7, 11) is -3.95. The summed E-state index contributed by atoms with van der Waals surface area (Å²) in [4.78, 5) is 23.8. The Hall–Kier alpha value is -3.69. The second-order valence-electron chi connectivity index (χ2n) is 7.62. The number of rotatable bonds is 10. The van der Waals surface area contributed by atoms with E-state index in [0.717, 1.165) is 5.56 Å². The molecule has 0 spiro atoms. The van der Waals surface area contributed by atoms with Crippen LogP contribution >= 0.6 is 0 Å². The molecular formula is C25H27N3O5S. The third kappa shape index (κ3) is 7.16. The normalized spacial score (nSPS) is 11.9. The van der Waals surface area contributed by atoms with Gasteiger partial charge >= 0.3 is 0 Å². The largest absolute Gasteiger partial charge is 0.491 e. The predicted molar refractivity (Wildman–Crippen MR) is 131 cm³/mol. The van der Waals surface area contributed by atoms with E-state index in [4.69, 9.17) is 4.74 Å². The highest BCUT2D eigenvalue weighted by Gasteiger charge is 2.23. The smallest absolute Gasteiger partial charge is 0.242 e. The quantitative estimate of drug-likeness (QED) is 0.410. The average Bonchev–Trinajstić information content (AvgIpc) is 2.80. The predicted octanol–water partition coefficient (Wildman–Crippen LogP) is 3.57. The molecule has 0 heterocycles. The van der Waals surface area contributed by atoms with Crippen LogP contribution in [0.2, 0.25) is 0 Å². The molecule has 3 rings (SSSR count). The number of hydrogen-bond donors (Lipinski definition) is 3. The maximum atomic E-state index is 12.7. The molecule has 0 aliphatic heterocycles. The number of ether oxygens (including phenoxy) is 1. The van der Waals surface area contributed by atoms with E-state index in [1.807, 2.05) is 30.3 Å². The van der Waals surface area contributed by atoms with Crippen LogP contribution in [0.4, 0.5) is 11.4 Å². The maximum Gasteiger partial charge on any atom is 0.242 e. The SMILES string of the molecule is CC(=O)Nc1ccc(S(=O)(=O)N[C@@H](C)C(=O)Nc2ccccc2OCCc2ccccc2)cc1. The second kappa shape index (κ2) is 11.4. The molecule has 0 aliphatic rings. The molecule has 34 heavy (non-hydrogen) atoms. The van der Waals surface area contributed by atoms with Crippen LogP contribution in [0.15, 0.2) is 83.8 Å². The number of benzene rings is 3. The van der Waals surface area contributed by atoms with Gasteiger partial charge in [-0.15, -0.1) is 0 Å². The van der Waals surface area contributed by atoms with E-state index in [0.29, 0.717) is 30.2 Å². The van der Waals surface area contributed by atoms with Crippen LogP contribution in [0.3, 0.4) is 0 Å². The van der Waals surface area contributed by atoms with E-state index in [9.17, 15) is 18.0 Å². The molecule has 1 atom stereocenters. The highest BCUT2D eigenvalue weighted by Crippen LogP contribution is 2.24. The lowest BCUT2D eigenvalue weighted by Gasteiger charge is -2.17. The van der Waals surface area contributed by atoms with Crippen molar-refractivity contribution in [2.75, 3.05) is 17.2 Å². The summed E-state index contributed by atoms with van der Waals surface area (Å²) in [6.45, 7) is 3.24. The Morgan fingerprint density at radius 2 is 1.53 bits per heavy atom. The molecule has 0 unspecified atom stereocenters. The van der Waals surface area contributed by atoms with Gasteiger partial charge in [-0.25, -0.2) is 8.42 Å². The molecule has 0 aromatic heterocycles. The zero-order valence-corrected chi connectivity index (χ0v) is 19.8. The molecule has 2 amide bonds. The average molecular weight is 482 g/mol. The Labute approximate surface area is 199 Å². The fraction of sp³-hybridized carbons (Fsp3) is 0.200. The second-order valence-corrected chi connectivity index (χ2v) is 9.33. The number of hydrogen-bond acceptors (Lipinski definition) is 5. The van der Waals surface area contributed by atoms with Crippen molar-refractivity contribution < 1.29 is 22.7 Å². The van der Waals surface area contributed by atoms with Crippen molar-refractivity contribution in [2.24, 2.45) is 0 Å². The van der Waals surface area contributed by atoms with Gasteiger partial charge in [-0.1, -0.05) is 42.5 Å². The van der Waals surface area contributed by atoms with Gasteiger partial charge in [-0.05, 0) is 48.9 Å². The van der Waals surface area contributed by atoms with Crippen molar-refractivity contribution in [3.05, 3.63) is 84.4 Å². The topological polar surface area (TPSA) is 114 Å². The van der Waals surface area contributed by atoms with E-state index in [1.54, 1.807) is 24.3 Å². The van der Waals surface area contributed by atoms with Gasteiger partial charge in [0.2, 0.25) is 21.8 Å². The van der Waals surface area contributed by atoms with Gasteiger partial charge in [-0.3, -0.25) is 9.59 Å². The molecule has 0 fully saturated rings. The van der Waals surface area contributed by atoms with Gasteiger partial charge in [0.25, 0.3) is 0 Å². The summed E-state index contributed by atoms with van der Waals surface area (Å²) in [5.74, 6) is -0.295. The Kier molecular flexibility index (Phi) is 8.39. The number of carbonyl (C=O) groups excluding carboxylic acids is 2. The summed E-state index contributed by atoms with van der Waals surface area (Å²) >= 11 is 0. The number of amides is 2. The van der Waals surface area contributed by atoms with E-state index < -0.39 is 22.0 Å². The number of para-hydroxylation sites is 2. The summed E-state index contributed by atoms with van der Waals surface area (Å²) in [6.07, 6.45) is 0.708. The first kappa shape index (κ1) is 24.9. The van der Waals surface area contributed by atoms with Crippen LogP contribution < -0.4 is 20.1 Å². The standard InChI is InChI=1S/C25H27N3O5S/c1-18(28-34(31,32)22-14-12-21(13-15-22)26-19(2)29)25(30)27-23-10-6-7-11-24(23)33-17-16-20-8-4-3-5-9-20/h3-15,18,28H,16-17H2,1-2H3,(H,26,29)(H,27,30)/t18-/m0/s1. The molecular weight excluding hydrogens is 454 g/mol. The molecule has 0 saturated heterocycles. The first-order valence-corrected chi connectivity index (χ1v) is 12.2. The number of anilines is 2. The van der Waals surface area contributed by atoms with Crippen LogP contribution in [-0.2, 0) is 26.0 Å². The molecule has 3 aromatic rings. The van der Waals surface area contributed by atoms with Crippen molar-refractivity contribution in [1.82, 2.24) is 4.72 Å². The molecule has 0 saturated carbocycles. The Bertz CT molecular complexity index is 1230. The van der Waals surface area contributed by atoms with Gasteiger partial charge < -0.3 is 15.4 Å². The van der Waals surface area contributed by atoms with Crippen molar-refractivity contribution in [3.63, 3.8) is 0 Å². The molecule has 0 radical (unpaired) electrons. The van der Waals surface area contributed by atoms with Crippen LogP contribution in [0.5, 0.6) is 5.75 Å². The minimum Gasteiger partial charge on any atom is -0.491 e. The van der Waals surface area contributed by atoms with Gasteiger partial charge in [0.05, 0.1) is 23.2 Å². The Morgan fingerprint density at radius 3 is 2.21 bits per heavy atom. The Morgan fingerprint density at radius 1 is 0.882 bits per heavy atom. The molecule has 3 aromatic carbocycles. The van der Waals surface area contributed by atoms with Crippen LogP contribution in [0.25, 0.3) is 0 Å². The lowest BCUT2D eigenvalue weighted by Crippen LogP contribution is -2.41. The van der Waals surface area contributed by atoms with E-state index >= 15 is 0 Å². The summed E-state index contributed by atoms with van der Waals surface area (Å²) in [5, 5.41) is 5.29. The highest BCUT2D eigenvalue weighted by molar-refractivity contribution is 7.89. The fourth-order valence-electron chi connectivity index (χ4n) is 3.14. The molecule has 3 N–H and O–H groups in total. The number of sulfonamides is 1. The number of nitrogens with one attached hydrogen (secondary N) is 3. The summed E-state index contributed by atoms with van der Waals surface area (Å²) in [5.41, 5.74) is 2.06. The van der Waals surface area contributed by atoms with Gasteiger partial charge in [0, 0.05) is 19.0 Å². The molecule has 178 valence electrons. The highest BCUT2D eigenvalue weighted by atomic mass is 32.2. The maximum absolute atomic E-state index is 12.7. The van der Waals surface area contributed by atoms with E-state index in [-0.39, 0.29) is 10.8 Å². The van der Waals surface area contributed by atoms with E-state index in [1.165, 1.54) is 38.1 Å². The van der Waals surface area contributed by atoms with Crippen LogP contribution in [0.1, 0.15) is 19.4 Å². The van der Waals surface area contributed by atoms with Crippen LogP contribution in [0, 0.1) is 0 Å². The molecule has 0 aliphatic carbocycles. The molecule has 9 heteroatoms. The minimum atomic E-state index is -3.95. The van der Waals surface area contributed by atoms with Crippen molar-refractivity contribution in [2.45, 2.75) is 31.2 Å². The first-order chi connectivity index (χ1) is 16.2. The van der Waals surface area contributed by atoms with Gasteiger partial charge in [0.15, 0.2) is 0 Å². The monoisotopic (exact) mass is 481 g/mol. The zero-order chi connectivity index (χ0) is 24.6. The minimum absolute atomic E-state index is 0.0223. The zero-order valence-electron chi connectivity index (χ0n) is 18.9. The third-order valence-corrected chi connectivity index (χ3v) is 6.40. The van der Waals surface area contributed by atoms with Crippen molar-refractivity contribution >= 4 is 33.2 Å². The summed E-state index contributed by atoms with van der Waals surface area (Å²) in [6, 6.07) is 21.5. The van der Waals surface area contributed by atoms with Gasteiger partial charge in [-0.2, -0.15) is 4.72 Å². The number of carbonyl (C=O) groups is 2. The first-order valence-electron chi connectivity index (χ1n) is 10.7. The third-order valence-electron chi connectivity index (χ3n) is 4.85. The lowest BCUT2D eigenvalue weighted by molar-refractivity contribution is -0.117. The fourth-order valence-corrected chi connectivity index (χ4v) is 4.34. The molecule has 8 nitrogen and oxygen atoms in total. The Balaban J connectivity index is 1.60. The van der Waals surface area contributed by atoms with Gasteiger partial charge in [0.1, 0.15) is 5.75 Å². The van der Waals surface area contributed by atoms with E-state index in [2.05, 4.69) is 15.4 Å².